The van der Waals surface area contributed by atoms with Gasteiger partial charge in [-0.25, -0.2) is 10.5 Å². The summed E-state index contributed by atoms with van der Waals surface area (Å²) in [6, 6.07) is 10.8. The Kier molecular flexibility index (Phi) is 4.74. The van der Waals surface area contributed by atoms with Crippen molar-refractivity contribution in [2.75, 3.05) is 0 Å². The van der Waals surface area contributed by atoms with Gasteiger partial charge in [-0.1, -0.05) is 53.5 Å². The molecule has 0 bridgehead atoms. The highest BCUT2D eigenvalue weighted by Gasteiger charge is 2.11. The zero-order valence-corrected chi connectivity index (χ0v) is 11.3. The van der Waals surface area contributed by atoms with Gasteiger partial charge in [0.25, 0.3) is 5.91 Å². The number of rotatable bonds is 4. The Bertz CT molecular complexity index is 576. The number of hydroxylamine groups is 1. The average molecular weight is 297 g/mol. The topological polar surface area (TPSA) is 51.2 Å². The Morgan fingerprint density at radius 2 is 2.00 bits per heavy atom. The van der Waals surface area contributed by atoms with E-state index in [0.29, 0.717) is 0 Å². The van der Waals surface area contributed by atoms with Crippen molar-refractivity contribution in [2.24, 2.45) is 0 Å². The van der Waals surface area contributed by atoms with Gasteiger partial charge < -0.3 is 0 Å². The molecule has 0 saturated heterocycles. The number of benzene rings is 1. The van der Waals surface area contributed by atoms with Crippen LogP contribution < -0.4 is 5.48 Å². The van der Waals surface area contributed by atoms with E-state index >= 15 is 0 Å². The van der Waals surface area contributed by atoms with Gasteiger partial charge in [-0.15, -0.1) is 0 Å². The molecule has 2 aromatic rings. The summed E-state index contributed by atoms with van der Waals surface area (Å²) in [6.07, 6.45) is 1.32. The van der Waals surface area contributed by atoms with Crippen LogP contribution in [-0.4, -0.2) is 10.9 Å². The van der Waals surface area contributed by atoms with E-state index in [1.807, 2.05) is 30.3 Å². The molecule has 1 N–H and O–H groups in total. The van der Waals surface area contributed by atoms with Crippen LogP contribution in [0.5, 0.6) is 0 Å². The highest BCUT2D eigenvalue weighted by atomic mass is 35.5. The molecule has 6 heteroatoms. The van der Waals surface area contributed by atoms with Crippen molar-refractivity contribution in [3.8, 4) is 0 Å². The number of nitrogens with zero attached hydrogens (tertiary/aromatic N) is 1. The summed E-state index contributed by atoms with van der Waals surface area (Å²) in [5.74, 6) is -0.467. The number of nitrogens with one attached hydrogen (secondary N) is 1. The van der Waals surface area contributed by atoms with Gasteiger partial charge in [0.05, 0.1) is 17.2 Å². The van der Waals surface area contributed by atoms with Crippen LogP contribution in [0.25, 0.3) is 0 Å². The first kappa shape index (κ1) is 13.8. The van der Waals surface area contributed by atoms with Gasteiger partial charge in [0.15, 0.2) is 0 Å². The van der Waals surface area contributed by atoms with Crippen molar-refractivity contribution < 1.29 is 9.63 Å². The van der Waals surface area contributed by atoms with E-state index in [1.54, 1.807) is 0 Å². The minimum atomic E-state index is -0.467. The summed E-state index contributed by atoms with van der Waals surface area (Å²) in [6.45, 7) is 0.267. The quantitative estimate of drug-likeness (QED) is 0.696. The van der Waals surface area contributed by atoms with Crippen molar-refractivity contribution in [1.29, 1.82) is 0 Å². The van der Waals surface area contributed by atoms with Gasteiger partial charge in [0, 0.05) is 6.20 Å². The number of hydrogen-bond donors (Lipinski definition) is 1. The third-order valence-electron chi connectivity index (χ3n) is 2.31. The molecule has 0 aliphatic heterocycles. The molecule has 0 saturated carbocycles. The summed E-state index contributed by atoms with van der Waals surface area (Å²) < 4.78 is 0. The maximum Gasteiger partial charge on any atom is 0.276 e. The van der Waals surface area contributed by atoms with Crippen LogP contribution in [0, 0.1) is 0 Å². The van der Waals surface area contributed by atoms with Gasteiger partial charge in [0.1, 0.15) is 5.15 Å². The smallest absolute Gasteiger partial charge is 0.269 e. The number of hydrogen-bond acceptors (Lipinski definition) is 3. The Balaban J connectivity index is 1.93. The number of aromatic nitrogens is 1. The maximum absolute atomic E-state index is 11.8. The van der Waals surface area contributed by atoms with Crippen molar-refractivity contribution >= 4 is 29.1 Å². The van der Waals surface area contributed by atoms with E-state index in [-0.39, 0.29) is 22.3 Å². The average Bonchev–Trinajstić information content (AvgIpc) is 2.42. The van der Waals surface area contributed by atoms with Crippen LogP contribution in [0.15, 0.2) is 42.6 Å². The monoisotopic (exact) mass is 296 g/mol. The molecule has 0 aliphatic carbocycles. The van der Waals surface area contributed by atoms with E-state index in [1.165, 1.54) is 12.3 Å². The lowest BCUT2D eigenvalue weighted by Crippen LogP contribution is -2.24. The maximum atomic E-state index is 11.8. The Morgan fingerprint density at radius 1 is 1.26 bits per heavy atom. The fraction of sp³-hybridized carbons (Fsp3) is 0.0769. The van der Waals surface area contributed by atoms with E-state index in [0.717, 1.165) is 5.56 Å². The largest absolute Gasteiger partial charge is 0.276 e. The van der Waals surface area contributed by atoms with E-state index in [2.05, 4.69) is 10.5 Å². The third-order valence-corrected chi connectivity index (χ3v) is 2.82. The van der Waals surface area contributed by atoms with Crippen LogP contribution in [0.3, 0.4) is 0 Å². The molecule has 2 rings (SSSR count). The van der Waals surface area contributed by atoms with Crippen molar-refractivity contribution in [1.82, 2.24) is 10.5 Å². The molecule has 0 spiro atoms. The number of carbonyl (C=O) groups excluding carboxylic acids is 1. The SMILES string of the molecule is O=C(NOCc1ccccc1)c1cc(Cl)ncc1Cl. The molecule has 0 fully saturated rings. The van der Waals surface area contributed by atoms with Crippen LogP contribution in [0.4, 0.5) is 0 Å². The minimum Gasteiger partial charge on any atom is -0.269 e. The normalized spacial score (nSPS) is 10.2. The predicted molar refractivity (Wildman–Crippen MR) is 73.0 cm³/mol. The number of amides is 1. The van der Waals surface area contributed by atoms with Gasteiger partial charge >= 0.3 is 0 Å². The standard InChI is InChI=1S/C13H10Cl2N2O2/c14-11-7-16-12(15)6-10(11)13(18)17-19-8-9-4-2-1-3-5-9/h1-7H,8H2,(H,17,18). The number of carbonyl (C=O) groups is 1. The molecule has 0 aliphatic rings. The second kappa shape index (κ2) is 6.52. The second-order valence-electron chi connectivity index (χ2n) is 3.69. The van der Waals surface area contributed by atoms with Crippen molar-refractivity contribution in [3.05, 3.63) is 63.9 Å². The summed E-state index contributed by atoms with van der Waals surface area (Å²) >= 11 is 11.5. The molecule has 1 aromatic heterocycles. The first-order valence-electron chi connectivity index (χ1n) is 5.44. The van der Waals surface area contributed by atoms with Gasteiger partial charge in [-0.2, -0.15) is 0 Å². The highest BCUT2D eigenvalue weighted by molar-refractivity contribution is 6.35. The highest BCUT2D eigenvalue weighted by Crippen LogP contribution is 2.17. The van der Waals surface area contributed by atoms with Crippen molar-refractivity contribution in [3.63, 3.8) is 0 Å². The van der Waals surface area contributed by atoms with Crippen LogP contribution in [0.1, 0.15) is 15.9 Å². The molecule has 1 heterocycles. The van der Waals surface area contributed by atoms with E-state index in [4.69, 9.17) is 28.0 Å². The molecule has 98 valence electrons. The molecule has 1 aromatic carbocycles. The van der Waals surface area contributed by atoms with Crippen LogP contribution in [0.2, 0.25) is 10.2 Å². The molecule has 19 heavy (non-hydrogen) atoms. The Morgan fingerprint density at radius 3 is 2.74 bits per heavy atom. The second-order valence-corrected chi connectivity index (χ2v) is 4.49. The zero-order valence-electron chi connectivity index (χ0n) is 9.77. The van der Waals surface area contributed by atoms with Crippen molar-refractivity contribution in [2.45, 2.75) is 6.61 Å². The predicted octanol–water partition coefficient (Wildman–Crippen LogP) is 3.25. The lowest BCUT2D eigenvalue weighted by atomic mass is 10.2. The molecular weight excluding hydrogens is 287 g/mol. The first-order chi connectivity index (χ1) is 9.16. The Labute approximate surface area is 120 Å². The minimum absolute atomic E-state index is 0.192. The van der Waals surface area contributed by atoms with E-state index in [9.17, 15) is 4.79 Å². The van der Waals surface area contributed by atoms with Crippen LogP contribution in [-0.2, 0) is 11.4 Å². The summed E-state index contributed by atoms with van der Waals surface area (Å²) in [7, 11) is 0. The number of halogens is 2. The molecule has 0 unspecified atom stereocenters. The molecule has 0 atom stereocenters. The Hall–Kier alpha value is -1.62. The summed E-state index contributed by atoms with van der Waals surface area (Å²) in [5.41, 5.74) is 3.47. The summed E-state index contributed by atoms with van der Waals surface area (Å²) in [5, 5.41) is 0.405. The van der Waals surface area contributed by atoms with Crippen LogP contribution >= 0.6 is 23.2 Å². The zero-order chi connectivity index (χ0) is 13.7. The van der Waals surface area contributed by atoms with Gasteiger partial charge in [-0.05, 0) is 11.6 Å². The fourth-order valence-electron chi connectivity index (χ4n) is 1.40. The van der Waals surface area contributed by atoms with E-state index < -0.39 is 5.91 Å². The fourth-order valence-corrected chi connectivity index (χ4v) is 1.75. The molecule has 1 amide bonds. The third kappa shape index (κ3) is 3.92. The molecule has 4 nitrogen and oxygen atoms in total. The van der Waals surface area contributed by atoms with Gasteiger partial charge in [-0.3, -0.25) is 9.63 Å². The van der Waals surface area contributed by atoms with Gasteiger partial charge in [0.2, 0.25) is 0 Å². The summed E-state index contributed by atoms with van der Waals surface area (Å²) in [4.78, 5) is 20.7. The lowest BCUT2D eigenvalue weighted by Gasteiger charge is -2.07. The first-order valence-corrected chi connectivity index (χ1v) is 6.19. The molecular formula is C13H10Cl2N2O2. The lowest BCUT2D eigenvalue weighted by molar-refractivity contribution is 0.0233. The molecule has 0 radical (unpaired) electrons. The number of pyridine rings is 1.